The van der Waals surface area contributed by atoms with Crippen LogP contribution in [0.15, 0.2) is 40.9 Å². The van der Waals surface area contributed by atoms with Gasteiger partial charge in [0, 0.05) is 22.5 Å². The van der Waals surface area contributed by atoms with Crippen molar-refractivity contribution in [3.05, 3.63) is 74.4 Å². The Hall–Kier alpha value is -3.34. The molecular formula is C29H31ClN4O4S2. The second-order valence-corrected chi connectivity index (χ2v) is 11.5. The Balaban J connectivity index is 1.45. The summed E-state index contributed by atoms with van der Waals surface area (Å²) in [4.78, 5) is 25.7. The summed E-state index contributed by atoms with van der Waals surface area (Å²) in [6.45, 7) is 10.7. The first-order chi connectivity index (χ1) is 19.1. The zero-order valence-electron chi connectivity index (χ0n) is 23.3. The summed E-state index contributed by atoms with van der Waals surface area (Å²) in [6, 6.07) is 9.84. The first kappa shape index (κ1) is 29.6. The zero-order valence-corrected chi connectivity index (χ0v) is 25.6. The van der Waals surface area contributed by atoms with Crippen molar-refractivity contribution in [1.82, 2.24) is 14.8 Å². The van der Waals surface area contributed by atoms with Crippen LogP contribution in [0.5, 0.6) is 5.75 Å². The molecule has 0 aliphatic heterocycles. The van der Waals surface area contributed by atoms with Gasteiger partial charge in [-0.25, -0.2) is 4.79 Å². The molecule has 0 aliphatic carbocycles. The van der Waals surface area contributed by atoms with Gasteiger partial charge in [0.25, 0.3) is 0 Å². The van der Waals surface area contributed by atoms with Crippen molar-refractivity contribution in [1.29, 1.82) is 0 Å². The Morgan fingerprint density at radius 1 is 1.05 bits per heavy atom. The van der Waals surface area contributed by atoms with Gasteiger partial charge in [-0.2, -0.15) is 0 Å². The molecule has 2 aromatic heterocycles. The third kappa shape index (κ3) is 6.51. The number of nitrogens with one attached hydrogen (secondary N) is 1. The Morgan fingerprint density at radius 3 is 2.45 bits per heavy atom. The van der Waals surface area contributed by atoms with E-state index < -0.39 is 5.97 Å². The molecule has 0 saturated heterocycles. The van der Waals surface area contributed by atoms with E-state index in [-0.39, 0.29) is 18.3 Å². The fraction of sp³-hybridized carbons (Fsp3) is 0.310. The van der Waals surface area contributed by atoms with Crippen LogP contribution in [0.25, 0.3) is 11.1 Å². The van der Waals surface area contributed by atoms with Gasteiger partial charge >= 0.3 is 5.97 Å². The van der Waals surface area contributed by atoms with Crippen LogP contribution in [0.2, 0.25) is 5.02 Å². The second kappa shape index (κ2) is 12.9. The van der Waals surface area contributed by atoms with Gasteiger partial charge in [0.2, 0.25) is 5.91 Å². The van der Waals surface area contributed by atoms with Crippen molar-refractivity contribution >= 4 is 51.6 Å². The molecule has 0 fully saturated rings. The number of thiophene rings is 1. The van der Waals surface area contributed by atoms with Crippen LogP contribution in [0.4, 0.5) is 5.00 Å². The number of thioether (sulfide) groups is 1. The van der Waals surface area contributed by atoms with Crippen molar-refractivity contribution < 1.29 is 19.1 Å². The van der Waals surface area contributed by atoms with Crippen LogP contribution in [0.3, 0.4) is 0 Å². The van der Waals surface area contributed by atoms with E-state index in [4.69, 9.17) is 21.1 Å². The topological polar surface area (TPSA) is 95.3 Å². The van der Waals surface area contributed by atoms with Gasteiger partial charge in [-0.15, -0.1) is 21.5 Å². The van der Waals surface area contributed by atoms with E-state index in [0.717, 1.165) is 38.4 Å². The number of ether oxygens (including phenoxy) is 2. The number of methoxy groups -OCH3 is 1. The Morgan fingerprint density at radius 2 is 1.77 bits per heavy atom. The number of esters is 1. The van der Waals surface area contributed by atoms with Crippen molar-refractivity contribution in [2.45, 2.75) is 52.9 Å². The lowest BCUT2D eigenvalue weighted by atomic mass is 9.97. The van der Waals surface area contributed by atoms with Gasteiger partial charge in [0.15, 0.2) is 11.0 Å². The molecule has 210 valence electrons. The number of halogens is 1. The molecule has 0 saturated carbocycles. The SMILES string of the molecule is CCn1c(COc2cc(C)c(Cl)c(C)c2)nnc1SCC(=O)Nc1scc(-c2cc(C)ccc2C)c1C(=O)OC. The van der Waals surface area contributed by atoms with Gasteiger partial charge in [-0.05, 0) is 69.0 Å². The van der Waals surface area contributed by atoms with Gasteiger partial charge < -0.3 is 19.4 Å². The Labute approximate surface area is 247 Å². The summed E-state index contributed by atoms with van der Waals surface area (Å²) in [5.41, 5.74) is 6.01. The minimum absolute atomic E-state index is 0.0892. The number of rotatable bonds is 10. The summed E-state index contributed by atoms with van der Waals surface area (Å²) in [5, 5.41) is 15.1. The number of anilines is 1. The van der Waals surface area contributed by atoms with Crippen LogP contribution >= 0.6 is 34.7 Å². The van der Waals surface area contributed by atoms with Gasteiger partial charge in [-0.3, -0.25) is 4.79 Å². The quantitative estimate of drug-likeness (QED) is 0.155. The maximum Gasteiger partial charge on any atom is 0.341 e. The van der Waals surface area contributed by atoms with E-state index >= 15 is 0 Å². The van der Waals surface area contributed by atoms with Crippen molar-refractivity contribution in [2.75, 3.05) is 18.2 Å². The van der Waals surface area contributed by atoms with Crippen LogP contribution in [-0.4, -0.2) is 39.5 Å². The molecule has 11 heteroatoms. The molecule has 2 heterocycles. The van der Waals surface area contributed by atoms with E-state index in [1.807, 2.05) is 74.9 Å². The molecule has 4 rings (SSSR count). The smallest absolute Gasteiger partial charge is 0.341 e. The molecule has 2 aromatic carbocycles. The number of carbonyl (C=O) groups excluding carboxylic acids is 2. The third-order valence-corrected chi connectivity index (χ3v) is 8.80. The number of hydrogen-bond acceptors (Lipinski definition) is 8. The van der Waals surface area contributed by atoms with E-state index in [2.05, 4.69) is 15.5 Å². The Kier molecular flexibility index (Phi) is 9.55. The number of benzene rings is 2. The highest BCUT2D eigenvalue weighted by Gasteiger charge is 2.24. The average Bonchev–Trinajstić information content (AvgIpc) is 3.53. The molecule has 8 nitrogen and oxygen atoms in total. The number of aryl methyl sites for hydroxylation is 4. The highest BCUT2D eigenvalue weighted by atomic mass is 35.5. The third-order valence-electron chi connectivity index (χ3n) is 6.34. The molecule has 1 amide bonds. The number of nitrogens with zero attached hydrogens (tertiary/aromatic N) is 3. The molecule has 0 unspecified atom stereocenters. The summed E-state index contributed by atoms with van der Waals surface area (Å²) in [6.07, 6.45) is 0. The lowest BCUT2D eigenvalue weighted by molar-refractivity contribution is -0.113. The van der Waals surface area contributed by atoms with E-state index in [9.17, 15) is 9.59 Å². The lowest BCUT2D eigenvalue weighted by Crippen LogP contribution is -2.16. The molecule has 0 aliphatic rings. The van der Waals surface area contributed by atoms with Crippen molar-refractivity contribution in [2.24, 2.45) is 0 Å². The monoisotopic (exact) mass is 598 g/mol. The van der Waals surface area contributed by atoms with Crippen molar-refractivity contribution in [3.63, 3.8) is 0 Å². The largest absolute Gasteiger partial charge is 0.486 e. The van der Waals surface area contributed by atoms with Gasteiger partial charge in [0.1, 0.15) is 22.9 Å². The van der Waals surface area contributed by atoms with Crippen molar-refractivity contribution in [3.8, 4) is 16.9 Å². The molecule has 0 bridgehead atoms. The summed E-state index contributed by atoms with van der Waals surface area (Å²) in [7, 11) is 1.34. The number of amides is 1. The molecular weight excluding hydrogens is 568 g/mol. The normalized spacial score (nSPS) is 11.0. The van der Waals surface area contributed by atoms with E-state index in [0.29, 0.717) is 33.8 Å². The Bertz CT molecular complexity index is 1540. The van der Waals surface area contributed by atoms with Gasteiger partial charge in [-0.1, -0.05) is 47.1 Å². The summed E-state index contributed by atoms with van der Waals surface area (Å²) < 4.78 is 12.9. The second-order valence-electron chi connectivity index (χ2n) is 9.30. The summed E-state index contributed by atoms with van der Waals surface area (Å²) >= 11 is 8.83. The van der Waals surface area contributed by atoms with E-state index in [1.54, 1.807) is 0 Å². The van der Waals surface area contributed by atoms with E-state index in [1.165, 1.54) is 30.2 Å². The first-order valence-electron chi connectivity index (χ1n) is 12.6. The lowest BCUT2D eigenvalue weighted by Gasteiger charge is -2.11. The average molecular weight is 599 g/mol. The highest BCUT2D eigenvalue weighted by molar-refractivity contribution is 7.99. The number of carbonyl (C=O) groups is 2. The maximum absolute atomic E-state index is 13.0. The predicted molar refractivity (Wildman–Crippen MR) is 161 cm³/mol. The predicted octanol–water partition coefficient (Wildman–Crippen LogP) is 7.01. The zero-order chi connectivity index (χ0) is 29.0. The van der Waals surface area contributed by atoms with Crippen LogP contribution < -0.4 is 10.1 Å². The summed E-state index contributed by atoms with van der Waals surface area (Å²) in [5.74, 6) is 0.684. The minimum atomic E-state index is -0.499. The fourth-order valence-corrected chi connectivity index (χ4v) is 6.15. The maximum atomic E-state index is 13.0. The molecule has 0 atom stereocenters. The van der Waals surface area contributed by atoms with Crippen LogP contribution in [0, 0.1) is 27.7 Å². The molecule has 0 spiro atoms. The van der Waals surface area contributed by atoms with Crippen LogP contribution in [-0.2, 0) is 22.7 Å². The molecule has 4 aromatic rings. The molecule has 40 heavy (non-hydrogen) atoms. The highest BCUT2D eigenvalue weighted by Crippen LogP contribution is 2.38. The standard InChI is InChI=1S/C29H31ClN4O4S2/c1-7-34-23(13-38-20-11-18(4)26(30)19(5)12-20)32-33-29(34)40-15-24(35)31-27-25(28(36)37-6)22(14-39-27)21-10-16(2)8-9-17(21)3/h8-12,14H,7,13,15H2,1-6H3,(H,31,35). The first-order valence-corrected chi connectivity index (χ1v) is 14.9. The number of hydrogen-bond donors (Lipinski definition) is 1. The minimum Gasteiger partial charge on any atom is -0.486 e. The van der Waals surface area contributed by atoms with Gasteiger partial charge in [0.05, 0.1) is 12.9 Å². The molecule has 1 N–H and O–H groups in total. The van der Waals surface area contributed by atoms with Crippen LogP contribution in [0.1, 0.15) is 45.4 Å². The number of aromatic nitrogens is 3. The molecule has 0 radical (unpaired) electrons. The fourth-order valence-electron chi connectivity index (χ4n) is 4.26.